The average molecular weight is 329 g/mol. The second-order valence-corrected chi connectivity index (χ2v) is 4.89. The lowest BCUT2D eigenvalue weighted by atomic mass is 10.2. The second-order valence-electron chi connectivity index (χ2n) is 4.48. The van der Waals surface area contributed by atoms with Gasteiger partial charge in [-0.15, -0.1) is 12.4 Å². The van der Waals surface area contributed by atoms with Gasteiger partial charge in [0.25, 0.3) is 0 Å². The molecule has 2 aromatic rings. The van der Waals surface area contributed by atoms with Crippen molar-refractivity contribution >= 4 is 35.7 Å². The van der Waals surface area contributed by atoms with Crippen LogP contribution in [0.3, 0.4) is 0 Å². The minimum Gasteiger partial charge on any atom is -0.320 e. The summed E-state index contributed by atoms with van der Waals surface area (Å²) < 4.78 is 1.61. The van der Waals surface area contributed by atoms with Crippen LogP contribution in [0.25, 0.3) is 5.69 Å². The van der Waals surface area contributed by atoms with Gasteiger partial charge in [-0.05, 0) is 18.6 Å². The molecule has 0 aliphatic carbocycles. The largest absolute Gasteiger partial charge is 0.320 e. The van der Waals surface area contributed by atoms with Crippen LogP contribution in [0.1, 0.15) is 19.8 Å². The fourth-order valence-corrected chi connectivity index (χ4v) is 2.05. The van der Waals surface area contributed by atoms with Crippen LogP contribution in [0.5, 0.6) is 0 Å². The van der Waals surface area contributed by atoms with Crippen LogP contribution in [0.15, 0.2) is 36.5 Å². The molecule has 1 unspecified atom stereocenters. The Morgan fingerprint density at radius 2 is 2.14 bits per heavy atom. The van der Waals surface area contributed by atoms with Crippen molar-refractivity contribution < 1.29 is 4.79 Å². The zero-order valence-corrected chi connectivity index (χ0v) is 13.2. The summed E-state index contributed by atoms with van der Waals surface area (Å²) in [4.78, 5) is 11.8. The van der Waals surface area contributed by atoms with Crippen molar-refractivity contribution in [1.29, 1.82) is 0 Å². The van der Waals surface area contributed by atoms with Gasteiger partial charge in [-0.3, -0.25) is 4.79 Å². The summed E-state index contributed by atoms with van der Waals surface area (Å²) in [7, 11) is 0. The van der Waals surface area contributed by atoms with Crippen LogP contribution in [0.4, 0.5) is 5.82 Å². The number of nitrogens with one attached hydrogen (secondary N) is 1. The maximum atomic E-state index is 11.8. The molecule has 1 aromatic carbocycles. The van der Waals surface area contributed by atoms with Crippen LogP contribution in [0, 0.1) is 0 Å². The number of benzene rings is 1. The number of amides is 1. The lowest BCUT2D eigenvalue weighted by Crippen LogP contribution is -2.35. The molecular formula is C14H18Cl2N4O. The highest BCUT2D eigenvalue weighted by atomic mass is 35.5. The van der Waals surface area contributed by atoms with E-state index in [1.807, 2.05) is 25.1 Å². The Morgan fingerprint density at radius 1 is 1.43 bits per heavy atom. The molecule has 0 fully saturated rings. The molecule has 3 N–H and O–H groups in total. The Labute approximate surface area is 134 Å². The number of hydrogen-bond donors (Lipinski definition) is 2. The molecule has 114 valence electrons. The van der Waals surface area contributed by atoms with E-state index in [1.54, 1.807) is 23.0 Å². The van der Waals surface area contributed by atoms with E-state index in [0.29, 0.717) is 17.3 Å². The Bertz CT molecular complexity index is 600. The molecule has 1 atom stereocenters. The van der Waals surface area contributed by atoms with Crippen LogP contribution in [0.2, 0.25) is 5.02 Å². The van der Waals surface area contributed by atoms with E-state index in [2.05, 4.69) is 10.4 Å². The molecule has 21 heavy (non-hydrogen) atoms. The molecule has 0 saturated carbocycles. The first-order valence-electron chi connectivity index (χ1n) is 6.49. The topological polar surface area (TPSA) is 72.9 Å². The smallest absolute Gasteiger partial charge is 0.242 e. The Morgan fingerprint density at radius 3 is 2.81 bits per heavy atom. The third-order valence-corrected chi connectivity index (χ3v) is 3.20. The number of aromatic nitrogens is 2. The zero-order chi connectivity index (χ0) is 14.5. The van der Waals surface area contributed by atoms with Gasteiger partial charge in [0.1, 0.15) is 0 Å². The van der Waals surface area contributed by atoms with Gasteiger partial charge in [0.15, 0.2) is 5.82 Å². The van der Waals surface area contributed by atoms with Crippen molar-refractivity contribution in [2.24, 2.45) is 5.73 Å². The van der Waals surface area contributed by atoms with Crippen LogP contribution < -0.4 is 11.1 Å². The normalized spacial score (nSPS) is 11.6. The summed E-state index contributed by atoms with van der Waals surface area (Å²) in [5, 5.41) is 7.56. The molecular weight excluding hydrogens is 311 g/mol. The highest BCUT2D eigenvalue weighted by Crippen LogP contribution is 2.19. The Kier molecular flexibility index (Phi) is 6.68. The van der Waals surface area contributed by atoms with E-state index >= 15 is 0 Å². The zero-order valence-electron chi connectivity index (χ0n) is 11.6. The van der Waals surface area contributed by atoms with E-state index in [0.717, 1.165) is 12.1 Å². The van der Waals surface area contributed by atoms with Gasteiger partial charge < -0.3 is 11.1 Å². The molecule has 0 aliphatic heterocycles. The number of nitrogens with zero attached hydrogens (tertiary/aromatic N) is 2. The predicted molar refractivity (Wildman–Crippen MR) is 87.3 cm³/mol. The number of hydrogen-bond acceptors (Lipinski definition) is 3. The van der Waals surface area contributed by atoms with Gasteiger partial charge in [-0.1, -0.05) is 37.1 Å². The van der Waals surface area contributed by atoms with E-state index in [-0.39, 0.29) is 18.3 Å². The molecule has 0 bridgehead atoms. The summed E-state index contributed by atoms with van der Waals surface area (Å²) in [5.74, 6) is 0.234. The number of anilines is 1. The first kappa shape index (κ1) is 17.5. The molecule has 7 heteroatoms. The highest BCUT2D eigenvalue weighted by Gasteiger charge is 2.14. The fraction of sp³-hybridized carbons (Fsp3) is 0.286. The van der Waals surface area contributed by atoms with Gasteiger partial charge in [0, 0.05) is 12.3 Å². The third kappa shape index (κ3) is 4.46. The number of nitrogens with two attached hydrogens (primary N) is 1. The van der Waals surface area contributed by atoms with Crippen molar-refractivity contribution in [2.75, 3.05) is 5.32 Å². The van der Waals surface area contributed by atoms with Crippen molar-refractivity contribution in [3.63, 3.8) is 0 Å². The van der Waals surface area contributed by atoms with E-state index in [1.165, 1.54) is 0 Å². The highest BCUT2D eigenvalue weighted by molar-refractivity contribution is 6.32. The fourth-order valence-electron chi connectivity index (χ4n) is 1.82. The number of rotatable bonds is 5. The molecule has 1 amide bonds. The molecule has 2 rings (SSSR count). The van der Waals surface area contributed by atoms with E-state index < -0.39 is 6.04 Å². The van der Waals surface area contributed by atoms with Crippen molar-refractivity contribution in [2.45, 2.75) is 25.8 Å². The van der Waals surface area contributed by atoms with Gasteiger partial charge in [-0.2, -0.15) is 5.10 Å². The molecule has 0 saturated heterocycles. The molecule has 5 nitrogen and oxygen atoms in total. The summed E-state index contributed by atoms with van der Waals surface area (Å²) >= 11 is 6.10. The number of para-hydroxylation sites is 1. The molecule has 1 heterocycles. The quantitative estimate of drug-likeness (QED) is 0.886. The van der Waals surface area contributed by atoms with Gasteiger partial charge >= 0.3 is 0 Å². The van der Waals surface area contributed by atoms with Crippen molar-refractivity contribution in [1.82, 2.24) is 9.78 Å². The lowest BCUT2D eigenvalue weighted by molar-refractivity contribution is -0.117. The molecule has 0 spiro atoms. The minimum absolute atomic E-state index is 0. The van der Waals surface area contributed by atoms with Crippen LogP contribution in [-0.2, 0) is 4.79 Å². The molecule has 0 aliphatic rings. The van der Waals surface area contributed by atoms with Crippen LogP contribution in [-0.4, -0.2) is 21.7 Å². The van der Waals surface area contributed by atoms with Crippen molar-refractivity contribution in [3.8, 4) is 5.69 Å². The Hall–Kier alpha value is -1.56. The van der Waals surface area contributed by atoms with Gasteiger partial charge in [0.05, 0.1) is 16.8 Å². The SMILES string of the molecule is CCCC(N)C(=O)Nc1ccn(-c2ccccc2Cl)n1.Cl. The summed E-state index contributed by atoms with van der Waals surface area (Å²) in [6, 6.07) is 8.56. The monoisotopic (exact) mass is 328 g/mol. The van der Waals surface area contributed by atoms with Crippen LogP contribution >= 0.6 is 24.0 Å². The first-order chi connectivity index (χ1) is 9.61. The predicted octanol–water partition coefficient (Wildman–Crippen LogP) is 3.01. The van der Waals surface area contributed by atoms with Gasteiger partial charge in [0.2, 0.25) is 5.91 Å². The standard InChI is InChI=1S/C14H17ClN4O.ClH/c1-2-5-11(16)14(20)17-13-8-9-19(18-13)12-7-4-3-6-10(12)15;/h3-4,6-9,11H,2,5,16H2,1H3,(H,17,18,20);1H. The van der Waals surface area contributed by atoms with E-state index in [4.69, 9.17) is 17.3 Å². The van der Waals surface area contributed by atoms with Gasteiger partial charge in [-0.25, -0.2) is 4.68 Å². The summed E-state index contributed by atoms with van der Waals surface area (Å²) in [6.07, 6.45) is 3.25. The first-order valence-corrected chi connectivity index (χ1v) is 6.86. The number of carbonyl (C=O) groups is 1. The minimum atomic E-state index is -0.509. The maximum Gasteiger partial charge on any atom is 0.242 e. The summed E-state index contributed by atoms with van der Waals surface area (Å²) in [5.41, 5.74) is 6.51. The van der Waals surface area contributed by atoms with E-state index in [9.17, 15) is 4.79 Å². The summed E-state index contributed by atoms with van der Waals surface area (Å²) in [6.45, 7) is 1.99. The average Bonchev–Trinajstić information content (AvgIpc) is 2.87. The Balaban J connectivity index is 0.00000220. The van der Waals surface area contributed by atoms with Crippen molar-refractivity contribution in [3.05, 3.63) is 41.6 Å². The second kappa shape index (κ2) is 8.02. The molecule has 0 radical (unpaired) electrons. The lowest BCUT2D eigenvalue weighted by Gasteiger charge is -2.09. The number of carbonyl (C=O) groups excluding carboxylic acids is 1. The third-order valence-electron chi connectivity index (χ3n) is 2.88. The maximum absolute atomic E-state index is 11.8. The molecule has 1 aromatic heterocycles. The number of halogens is 2.